The van der Waals surface area contributed by atoms with Crippen LogP contribution in [0.1, 0.15) is 36.8 Å². The fourth-order valence-electron chi connectivity index (χ4n) is 2.81. The zero-order valence-electron chi connectivity index (χ0n) is 11.3. The number of hydrogen-bond donors (Lipinski definition) is 1. The van der Waals surface area contributed by atoms with Crippen molar-refractivity contribution < 1.29 is 13.2 Å². The van der Waals surface area contributed by atoms with E-state index in [-0.39, 0.29) is 18.9 Å². The molecule has 1 N–H and O–H groups in total. The van der Waals surface area contributed by atoms with Gasteiger partial charge in [-0.1, -0.05) is 24.1 Å². The van der Waals surface area contributed by atoms with Crippen molar-refractivity contribution >= 4 is 5.69 Å². The van der Waals surface area contributed by atoms with Gasteiger partial charge in [0.05, 0.1) is 5.92 Å². The summed E-state index contributed by atoms with van der Waals surface area (Å²) in [6.45, 7) is 4.00. The number of rotatable bonds is 2. The molecule has 0 radical (unpaired) electrons. The Balaban J connectivity index is 2.03. The largest absolute Gasteiger partial charge is 0.391 e. The molecule has 106 valence electrons. The Hall–Kier alpha value is -1.19. The first kappa shape index (κ1) is 14.2. The predicted octanol–water partition coefficient (Wildman–Crippen LogP) is 4.84. The van der Waals surface area contributed by atoms with Crippen LogP contribution in [0, 0.1) is 19.8 Å². The van der Waals surface area contributed by atoms with Gasteiger partial charge in [-0.25, -0.2) is 0 Å². The fourth-order valence-corrected chi connectivity index (χ4v) is 2.81. The van der Waals surface area contributed by atoms with Gasteiger partial charge in [-0.05, 0) is 44.7 Å². The van der Waals surface area contributed by atoms with E-state index in [1.54, 1.807) is 0 Å². The third kappa shape index (κ3) is 3.64. The molecule has 1 nitrogen and oxygen atoms in total. The molecule has 0 heterocycles. The number of hydrogen-bond acceptors (Lipinski definition) is 1. The van der Waals surface area contributed by atoms with Crippen molar-refractivity contribution in [3.05, 3.63) is 29.3 Å². The molecular weight excluding hydrogens is 251 g/mol. The second-order valence-corrected chi connectivity index (χ2v) is 5.56. The zero-order valence-corrected chi connectivity index (χ0v) is 11.3. The molecule has 1 aromatic carbocycles. The lowest BCUT2D eigenvalue weighted by molar-refractivity contribution is -0.182. The summed E-state index contributed by atoms with van der Waals surface area (Å²) >= 11 is 0. The molecule has 19 heavy (non-hydrogen) atoms. The van der Waals surface area contributed by atoms with Crippen molar-refractivity contribution in [1.82, 2.24) is 0 Å². The maximum absolute atomic E-state index is 12.8. The first-order valence-electron chi connectivity index (χ1n) is 6.77. The van der Waals surface area contributed by atoms with Crippen molar-refractivity contribution in [2.75, 3.05) is 5.32 Å². The zero-order chi connectivity index (χ0) is 14.0. The van der Waals surface area contributed by atoms with E-state index in [9.17, 15) is 13.2 Å². The van der Waals surface area contributed by atoms with Crippen LogP contribution in [0.15, 0.2) is 18.2 Å². The van der Waals surface area contributed by atoms with Gasteiger partial charge in [0.25, 0.3) is 0 Å². The number of halogens is 3. The molecule has 0 saturated heterocycles. The van der Waals surface area contributed by atoms with E-state index in [0.717, 1.165) is 17.7 Å². The van der Waals surface area contributed by atoms with Crippen LogP contribution >= 0.6 is 0 Å². The van der Waals surface area contributed by atoms with Crippen molar-refractivity contribution in [2.45, 2.75) is 51.7 Å². The molecule has 1 saturated carbocycles. The smallest absolute Gasteiger partial charge is 0.382 e. The van der Waals surface area contributed by atoms with Crippen molar-refractivity contribution in [2.24, 2.45) is 5.92 Å². The second-order valence-electron chi connectivity index (χ2n) is 5.56. The lowest BCUT2D eigenvalue weighted by Crippen LogP contribution is -2.34. The summed E-state index contributed by atoms with van der Waals surface area (Å²) in [6, 6.07) is 5.93. The number of benzene rings is 1. The molecule has 1 aliphatic rings. The Morgan fingerprint density at radius 1 is 1.16 bits per heavy atom. The Morgan fingerprint density at radius 2 is 1.89 bits per heavy atom. The van der Waals surface area contributed by atoms with Crippen molar-refractivity contribution in [3.63, 3.8) is 0 Å². The maximum Gasteiger partial charge on any atom is 0.391 e. The summed E-state index contributed by atoms with van der Waals surface area (Å²) < 4.78 is 38.3. The molecule has 2 atom stereocenters. The van der Waals surface area contributed by atoms with Crippen LogP contribution in [0.5, 0.6) is 0 Å². The van der Waals surface area contributed by atoms with Gasteiger partial charge in [-0.3, -0.25) is 0 Å². The second kappa shape index (κ2) is 5.43. The van der Waals surface area contributed by atoms with Crippen LogP contribution in [0.25, 0.3) is 0 Å². The van der Waals surface area contributed by atoms with Crippen LogP contribution < -0.4 is 5.32 Å². The molecule has 4 heteroatoms. The Morgan fingerprint density at radius 3 is 2.53 bits per heavy atom. The van der Waals surface area contributed by atoms with Crippen LogP contribution in [-0.4, -0.2) is 12.2 Å². The highest BCUT2D eigenvalue weighted by molar-refractivity contribution is 5.52. The molecule has 0 spiro atoms. The quantitative estimate of drug-likeness (QED) is 0.811. The molecule has 1 aromatic rings. The topological polar surface area (TPSA) is 12.0 Å². The first-order chi connectivity index (χ1) is 8.86. The monoisotopic (exact) mass is 271 g/mol. The van der Waals surface area contributed by atoms with E-state index in [1.807, 2.05) is 32.0 Å². The van der Waals surface area contributed by atoms with E-state index >= 15 is 0 Å². The summed E-state index contributed by atoms with van der Waals surface area (Å²) in [5, 5.41) is 3.28. The standard InChI is InChI=1S/C15H20F3N/c1-10-6-7-14(11(2)8-10)19-13-5-3-4-12(9-13)15(16,17)18/h6-8,12-13,19H,3-5,9H2,1-2H3. The van der Waals surface area contributed by atoms with Gasteiger partial charge >= 0.3 is 6.18 Å². The molecule has 2 unspecified atom stereocenters. The molecule has 0 aliphatic heterocycles. The normalized spacial score (nSPS) is 24.3. The minimum atomic E-state index is -4.05. The van der Waals surface area contributed by atoms with E-state index in [4.69, 9.17) is 0 Å². The number of anilines is 1. The van der Waals surface area contributed by atoms with Gasteiger partial charge in [0.1, 0.15) is 0 Å². The first-order valence-corrected chi connectivity index (χ1v) is 6.77. The summed E-state index contributed by atoms with van der Waals surface area (Å²) in [5.41, 5.74) is 3.22. The van der Waals surface area contributed by atoms with Gasteiger partial charge < -0.3 is 5.32 Å². The lowest BCUT2D eigenvalue weighted by Gasteiger charge is -2.32. The average molecular weight is 271 g/mol. The van der Waals surface area contributed by atoms with Gasteiger partial charge in [0.15, 0.2) is 0 Å². The Kier molecular flexibility index (Phi) is 4.07. The summed E-state index contributed by atoms with van der Waals surface area (Å²) in [5.74, 6) is -1.15. The van der Waals surface area contributed by atoms with E-state index in [1.165, 1.54) is 5.56 Å². The number of aryl methyl sites for hydroxylation is 2. The predicted molar refractivity (Wildman–Crippen MR) is 71.3 cm³/mol. The number of nitrogens with one attached hydrogen (secondary N) is 1. The van der Waals surface area contributed by atoms with Gasteiger partial charge in [-0.2, -0.15) is 13.2 Å². The third-order valence-electron chi connectivity index (χ3n) is 3.88. The third-order valence-corrected chi connectivity index (χ3v) is 3.88. The van der Waals surface area contributed by atoms with Gasteiger partial charge in [-0.15, -0.1) is 0 Å². The van der Waals surface area contributed by atoms with E-state index < -0.39 is 12.1 Å². The summed E-state index contributed by atoms with van der Waals surface area (Å²) in [7, 11) is 0. The SMILES string of the molecule is Cc1ccc(NC2CCCC(C(F)(F)F)C2)c(C)c1. The minimum Gasteiger partial charge on any atom is -0.382 e. The molecule has 2 rings (SSSR count). The number of alkyl halides is 3. The van der Waals surface area contributed by atoms with Crippen LogP contribution in [0.4, 0.5) is 18.9 Å². The summed E-state index contributed by atoms with van der Waals surface area (Å²) in [6.07, 6.45) is -2.12. The summed E-state index contributed by atoms with van der Waals surface area (Å²) in [4.78, 5) is 0. The maximum atomic E-state index is 12.8. The fraction of sp³-hybridized carbons (Fsp3) is 0.600. The van der Waals surface area contributed by atoms with Crippen LogP contribution in [0.3, 0.4) is 0 Å². The molecule has 0 bridgehead atoms. The van der Waals surface area contributed by atoms with Crippen molar-refractivity contribution in [1.29, 1.82) is 0 Å². The van der Waals surface area contributed by atoms with Crippen LogP contribution in [-0.2, 0) is 0 Å². The van der Waals surface area contributed by atoms with E-state index in [2.05, 4.69) is 5.32 Å². The van der Waals surface area contributed by atoms with Gasteiger partial charge in [0.2, 0.25) is 0 Å². The highest BCUT2D eigenvalue weighted by Crippen LogP contribution is 2.38. The molecular formula is C15H20F3N. The van der Waals surface area contributed by atoms with Gasteiger partial charge in [0, 0.05) is 11.7 Å². The molecule has 0 amide bonds. The average Bonchev–Trinajstić information content (AvgIpc) is 2.32. The Labute approximate surface area is 112 Å². The highest BCUT2D eigenvalue weighted by Gasteiger charge is 2.42. The highest BCUT2D eigenvalue weighted by atomic mass is 19.4. The Bertz CT molecular complexity index is 440. The molecule has 1 aliphatic carbocycles. The van der Waals surface area contributed by atoms with Crippen LogP contribution in [0.2, 0.25) is 0 Å². The van der Waals surface area contributed by atoms with E-state index in [0.29, 0.717) is 6.42 Å². The minimum absolute atomic E-state index is 0.0678. The molecule has 1 fully saturated rings. The lowest BCUT2D eigenvalue weighted by atomic mass is 9.85. The van der Waals surface area contributed by atoms with Crippen molar-refractivity contribution in [3.8, 4) is 0 Å². The molecule has 0 aromatic heterocycles.